The fourth-order valence-electron chi connectivity index (χ4n) is 2.93. The van der Waals surface area contributed by atoms with Crippen molar-refractivity contribution in [3.63, 3.8) is 0 Å². The molecule has 1 aromatic heterocycles. The predicted octanol–water partition coefficient (Wildman–Crippen LogP) is 6.52. The number of benzene rings is 3. The number of fused-ring (bicyclic) bond motifs is 1. The van der Waals surface area contributed by atoms with Crippen LogP contribution in [0.15, 0.2) is 71.1 Å². The smallest absolute Gasteiger partial charge is 0.255 e. The monoisotopic (exact) mass is 390 g/mol. The Bertz CT molecular complexity index is 1130. The molecule has 1 N–H and O–H groups in total. The molecular formula is C23H19ClN2O2. The van der Waals surface area contributed by atoms with E-state index in [1.165, 1.54) is 5.56 Å². The molecule has 0 saturated carbocycles. The van der Waals surface area contributed by atoms with Crippen molar-refractivity contribution in [2.75, 3.05) is 5.32 Å². The van der Waals surface area contributed by atoms with Crippen LogP contribution in [0.1, 0.15) is 35.7 Å². The van der Waals surface area contributed by atoms with Crippen molar-refractivity contribution in [1.29, 1.82) is 0 Å². The largest absolute Gasteiger partial charge is 0.436 e. The molecule has 0 unspecified atom stereocenters. The summed E-state index contributed by atoms with van der Waals surface area (Å²) in [4.78, 5) is 16.9. The Morgan fingerprint density at radius 2 is 1.71 bits per heavy atom. The van der Waals surface area contributed by atoms with Crippen LogP contribution < -0.4 is 5.32 Å². The van der Waals surface area contributed by atoms with Gasteiger partial charge >= 0.3 is 0 Å². The molecule has 0 fully saturated rings. The first-order valence-electron chi connectivity index (χ1n) is 9.07. The molecule has 0 saturated heterocycles. The van der Waals surface area contributed by atoms with Gasteiger partial charge < -0.3 is 9.73 Å². The number of carbonyl (C=O) groups is 1. The molecule has 0 bridgehead atoms. The number of nitrogens with one attached hydrogen (secondary N) is 1. The molecule has 3 aromatic carbocycles. The number of carbonyl (C=O) groups excluding carboxylic acids is 1. The van der Waals surface area contributed by atoms with E-state index >= 15 is 0 Å². The van der Waals surface area contributed by atoms with E-state index in [-0.39, 0.29) is 5.91 Å². The molecule has 1 heterocycles. The molecule has 1 amide bonds. The molecule has 0 atom stereocenters. The van der Waals surface area contributed by atoms with Gasteiger partial charge in [-0.05, 0) is 72.1 Å². The lowest BCUT2D eigenvalue weighted by atomic mass is 10.0. The molecule has 0 aliphatic heterocycles. The zero-order chi connectivity index (χ0) is 19.7. The highest BCUT2D eigenvalue weighted by Crippen LogP contribution is 2.27. The molecule has 4 aromatic rings. The zero-order valence-electron chi connectivity index (χ0n) is 15.6. The second-order valence-electron chi connectivity index (χ2n) is 6.94. The van der Waals surface area contributed by atoms with Crippen molar-refractivity contribution in [2.45, 2.75) is 19.8 Å². The maximum atomic E-state index is 12.3. The lowest BCUT2D eigenvalue weighted by Crippen LogP contribution is -2.11. The average Bonchev–Trinajstić information content (AvgIpc) is 3.12. The van der Waals surface area contributed by atoms with Gasteiger partial charge in [0.2, 0.25) is 5.89 Å². The Labute approximate surface area is 168 Å². The Morgan fingerprint density at radius 3 is 2.39 bits per heavy atom. The quantitative estimate of drug-likeness (QED) is 0.431. The lowest BCUT2D eigenvalue weighted by Gasteiger charge is -2.06. The van der Waals surface area contributed by atoms with Crippen LogP contribution in [0.2, 0.25) is 5.02 Å². The summed E-state index contributed by atoms with van der Waals surface area (Å²) in [5, 5.41) is 3.47. The molecule has 5 heteroatoms. The van der Waals surface area contributed by atoms with Crippen LogP contribution in [0.3, 0.4) is 0 Å². The van der Waals surface area contributed by atoms with Gasteiger partial charge in [-0.1, -0.05) is 31.5 Å². The highest BCUT2D eigenvalue weighted by Gasteiger charge is 2.11. The number of amides is 1. The summed E-state index contributed by atoms with van der Waals surface area (Å²) in [5.74, 6) is 0.812. The van der Waals surface area contributed by atoms with Crippen LogP contribution in [0.4, 0.5) is 5.69 Å². The normalized spacial score (nSPS) is 11.1. The van der Waals surface area contributed by atoms with Crippen molar-refractivity contribution in [3.8, 4) is 11.5 Å². The van der Waals surface area contributed by atoms with Gasteiger partial charge in [0.05, 0.1) is 0 Å². The Balaban J connectivity index is 1.53. The second kappa shape index (κ2) is 7.49. The molecule has 4 nitrogen and oxygen atoms in total. The lowest BCUT2D eigenvalue weighted by molar-refractivity contribution is 0.102. The van der Waals surface area contributed by atoms with E-state index < -0.39 is 0 Å². The van der Waals surface area contributed by atoms with Crippen LogP contribution >= 0.6 is 11.6 Å². The summed E-state index contributed by atoms with van der Waals surface area (Å²) in [6.45, 7) is 4.30. The third-order valence-corrected chi connectivity index (χ3v) is 4.83. The number of hydrogen-bond donors (Lipinski definition) is 1. The SMILES string of the molecule is CC(C)c1ccc2oc(-c3ccc(NC(=O)c4ccc(Cl)cc4)cc3)nc2c1. The second-order valence-corrected chi connectivity index (χ2v) is 7.38. The first-order chi connectivity index (χ1) is 13.5. The predicted molar refractivity (Wildman–Crippen MR) is 113 cm³/mol. The number of nitrogens with zero attached hydrogens (tertiary/aromatic N) is 1. The van der Waals surface area contributed by atoms with Crippen LogP contribution in [0, 0.1) is 0 Å². The number of aromatic nitrogens is 1. The Hall–Kier alpha value is -3.11. The molecule has 28 heavy (non-hydrogen) atoms. The van der Waals surface area contributed by atoms with Crippen molar-refractivity contribution >= 4 is 34.3 Å². The minimum Gasteiger partial charge on any atom is -0.436 e. The number of oxazole rings is 1. The first kappa shape index (κ1) is 18.3. The van der Waals surface area contributed by atoms with Crippen LogP contribution in [-0.2, 0) is 0 Å². The van der Waals surface area contributed by atoms with E-state index in [0.29, 0.717) is 28.1 Å². The summed E-state index contributed by atoms with van der Waals surface area (Å²) in [6.07, 6.45) is 0. The van der Waals surface area contributed by atoms with E-state index in [1.807, 2.05) is 30.3 Å². The highest BCUT2D eigenvalue weighted by molar-refractivity contribution is 6.30. The minimum atomic E-state index is -0.188. The van der Waals surface area contributed by atoms with Gasteiger partial charge in [0, 0.05) is 21.8 Å². The Kier molecular flexibility index (Phi) is 4.88. The molecular weight excluding hydrogens is 372 g/mol. The molecule has 0 spiro atoms. The molecule has 140 valence electrons. The van der Waals surface area contributed by atoms with E-state index in [4.69, 9.17) is 16.0 Å². The maximum Gasteiger partial charge on any atom is 0.255 e. The molecule has 0 aliphatic carbocycles. The van der Waals surface area contributed by atoms with Crippen molar-refractivity contribution in [3.05, 3.63) is 82.9 Å². The summed E-state index contributed by atoms with van der Waals surface area (Å²) < 4.78 is 5.88. The fraction of sp³-hybridized carbons (Fsp3) is 0.130. The van der Waals surface area contributed by atoms with Gasteiger partial charge in [-0.25, -0.2) is 4.98 Å². The summed E-state index contributed by atoms with van der Waals surface area (Å²) in [5.41, 5.74) is 4.94. The van der Waals surface area contributed by atoms with Gasteiger partial charge in [0.15, 0.2) is 5.58 Å². The number of anilines is 1. The maximum absolute atomic E-state index is 12.3. The van der Waals surface area contributed by atoms with Crippen molar-refractivity contribution in [2.24, 2.45) is 0 Å². The van der Waals surface area contributed by atoms with E-state index in [2.05, 4.69) is 36.3 Å². The van der Waals surface area contributed by atoms with Gasteiger partial charge in [-0.3, -0.25) is 4.79 Å². The average molecular weight is 391 g/mol. The zero-order valence-corrected chi connectivity index (χ0v) is 16.3. The van der Waals surface area contributed by atoms with Crippen LogP contribution in [-0.4, -0.2) is 10.9 Å². The summed E-state index contributed by atoms with van der Waals surface area (Å²) in [6, 6.07) is 20.3. The number of halogens is 1. The molecule has 4 rings (SSSR count). The third kappa shape index (κ3) is 3.78. The minimum absolute atomic E-state index is 0.188. The summed E-state index contributed by atoms with van der Waals surface area (Å²) in [7, 11) is 0. The topological polar surface area (TPSA) is 55.1 Å². The standard InChI is InChI=1S/C23H19ClN2O2/c1-14(2)17-7-12-21-20(13-17)26-23(28-21)16-5-10-19(11-6-16)25-22(27)15-3-8-18(24)9-4-15/h3-14H,1-2H3,(H,25,27). The molecule has 0 aliphatic rings. The van der Waals surface area contributed by atoms with Crippen molar-refractivity contribution < 1.29 is 9.21 Å². The van der Waals surface area contributed by atoms with Crippen molar-refractivity contribution in [1.82, 2.24) is 4.98 Å². The van der Waals surface area contributed by atoms with Gasteiger partial charge in [0.1, 0.15) is 5.52 Å². The first-order valence-corrected chi connectivity index (χ1v) is 9.45. The van der Waals surface area contributed by atoms with Crippen LogP contribution in [0.5, 0.6) is 0 Å². The number of hydrogen-bond acceptors (Lipinski definition) is 3. The molecule has 0 radical (unpaired) electrons. The van der Waals surface area contributed by atoms with Gasteiger partial charge in [-0.2, -0.15) is 0 Å². The van der Waals surface area contributed by atoms with Crippen LogP contribution in [0.25, 0.3) is 22.6 Å². The summed E-state index contributed by atoms with van der Waals surface area (Å²) >= 11 is 5.86. The van der Waals surface area contributed by atoms with Gasteiger partial charge in [-0.15, -0.1) is 0 Å². The number of rotatable bonds is 4. The van der Waals surface area contributed by atoms with E-state index in [9.17, 15) is 4.79 Å². The fourth-order valence-corrected chi connectivity index (χ4v) is 3.05. The Morgan fingerprint density at radius 1 is 1.00 bits per heavy atom. The van der Waals surface area contributed by atoms with Gasteiger partial charge in [0.25, 0.3) is 5.91 Å². The van der Waals surface area contributed by atoms with E-state index in [0.717, 1.165) is 16.7 Å². The van der Waals surface area contributed by atoms with E-state index in [1.54, 1.807) is 24.3 Å². The highest BCUT2D eigenvalue weighted by atomic mass is 35.5. The third-order valence-electron chi connectivity index (χ3n) is 4.57.